The Labute approximate surface area is 350 Å². The Morgan fingerprint density at radius 3 is 0.984 bits per heavy atom. The number of carbonyl (C=O) groups excluding carboxylic acids is 2. The minimum Gasteiger partial charge on any atom is -0.457 e. The number of benzene rings is 7. The molecule has 0 N–H and O–H groups in total. The van der Waals surface area contributed by atoms with Crippen LogP contribution in [0.2, 0.25) is 0 Å². The normalized spacial score (nSPS) is 14.7. The predicted molar refractivity (Wildman–Crippen MR) is 225 cm³/mol. The van der Waals surface area contributed by atoms with Crippen LogP contribution in [0.4, 0.5) is 0 Å². The first-order chi connectivity index (χ1) is 30.6. The molecule has 0 aromatic heterocycles. The van der Waals surface area contributed by atoms with Crippen LogP contribution in [0.1, 0.15) is 31.8 Å². The van der Waals surface area contributed by atoms with Gasteiger partial charge in [0.2, 0.25) is 0 Å². The Balaban J connectivity index is 0.859. The van der Waals surface area contributed by atoms with Crippen LogP contribution in [0.15, 0.2) is 159 Å². The fourth-order valence-corrected chi connectivity index (χ4v) is 8.05. The molecular formula is C50H30O12. The predicted octanol–water partition coefficient (Wildman–Crippen LogP) is 7.35. The number of rotatable bonds is 6. The van der Waals surface area contributed by atoms with Crippen molar-refractivity contribution in [2.45, 2.75) is 13.2 Å². The van der Waals surface area contributed by atoms with E-state index in [9.17, 15) is 9.59 Å². The highest BCUT2D eigenvalue weighted by Crippen LogP contribution is 2.25. The van der Waals surface area contributed by atoms with Crippen LogP contribution in [0.3, 0.4) is 0 Å². The molecule has 0 radical (unpaired) electrons. The molecule has 0 amide bonds. The lowest BCUT2D eigenvalue weighted by atomic mass is 9.96. The Bertz CT molecular complexity index is 3200. The van der Waals surface area contributed by atoms with Gasteiger partial charge in [0.25, 0.3) is 23.8 Å². The molecule has 302 valence electrons. The van der Waals surface area contributed by atoms with Gasteiger partial charge in [0.05, 0.1) is 32.0 Å². The molecule has 0 saturated carbocycles. The number of hydrogen-bond acceptors (Lipinski definition) is 12. The van der Waals surface area contributed by atoms with E-state index < -0.39 is 11.9 Å². The van der Waals surface area contributed by atoms with Crippen molar-refractivity contribution in [3.05, 3.63) is 202 Å². The zero-order chi connectivity index (χ0) is 41.6. The Morgan fingerprint density at radius 1 is 0.339 bits per heavy atom. The molecule has 11 rings (SSSR count). The quantitative estimate of drug-likeness (QED) is 0.123. The van der Waals surface area contributed by atoms with Crippen LogP contribution < -0.4 is 20.9 Å². The second-order valence-corrected chi connectivity index (χ2v) is 14.3. The van der Waals surface area contributed by atoms with Crippen molar-refractivity contribution in [1.82, 2.24) is 0 Å². The van der Waals surface area contributed by atoms with Gasteiger partial charge in [-0.15, -0.1) is 0 Å². The highest BCUT2D eigenvalue weighted by Gasteiger charge is 2.21. The monoisotopic (exact) mass is 822 g/mol. The molecule has 7 aromatic carbocycles. The second kappa shape index (κ2) is 15.2. The van der Waals surface area contributed by atoms with Crippen molar-refractivity contribution < 1.29 is 57.0 Å². The summed E-state index contributed by atoms with van der Waals surface area (Å²) in [6, 6.07) is 33.2. The number of carbonyl (C=O) groups is 2. The number of hydrogen-bond donors (Lipinski definition) is 0. The molecule has 4 heterocycles. The van der Waals surface area contributed by atoms with Crippen molar-refractivity contribution in [2.24, 2.45) is 0 Å². The van der Waals surface area contributed by atoms with E-state index in [4.69, 9.17) is 47.4 Å². The van der Waals surface area contributed by atoms with Gasteiger partial charge in [-0.3, -0.25) is 0 Å². The summed E-state index contributed by atoms with van der Waals surface area (Å²) in [5.41, 5.74) is 1.76. The molecule has 62 heavy (non-hydrogen) atoms. The lowest BCUT2D eigenvalue weighted by Gasteiger charge is -2.12. The zero-order valence-electron chi connectivity index (χ0n) is 32.3. The van der Waals surface area contributed by atoms with E-state index in [1.165, 1.54) is 56.2 Å². The van der Waals surface area contributed by atoms with E-state index in [-0.39, 0.29) is 24.3 Å². The summed E-state index contributed by atoms with van der Waals surface area (Å²) in [5, 5.41) is 9.53. The molecular weight excluding hydrogens is 793 g/mol. The Kier molecular flexibility index (Phi) is 8.93. The second-order valence-electron chi connectivity index (χ2n) is 14.3. The number of esters is 2. The summed E-state index contributed by atoms with van der Waals surface area (Å²) >= 11 is 0. The van der Waals surface area contributed by atoms with Crippen LogP contribution in [0, 0.1) is 0 Å². The standard InChI is InChI=1S/C50H30O12/c51-45(61-27-29-12-14-37-39(24-29)43(49-57-20-21-58-49)35-10-3-1-8-33(35)41(37)47-53-16-17-54-47)31-6-5-7-32(26-31)46(52)62-28-30-13-15-38-40(25-30)44(50-59-22-23-60-50)36-11-4-2-9-34(36)42(38)48-55-18-19-56-48/h1-26H,27-28H2. The first kappa shape index (κ1) is 36.4. The lowest BCUT2D eigenvalue weighted by molar-refractivity contribution is 0.0470. The van der Waals surface area contributed by atoms with Crippen LogP contribution in [0.25, 0.3) is 66.9 Å². The van der Waals surface area contributed by atoms with Gasteiger partial charge in [0.15, 0.2) is 0 Å². The molecule has 4 aliphatic heterocycles. The molecule has 0 atom stereocenters. The molecule has 0 bridgehead atoms. The van der Waals surface area contributed by atoms with Gasteiger partial charge < -0.3 is 47.4 Å². The Morgan fingerprint density at radius 2 is 0.645 bits per heavy atom. The van der Waals surface area contributed by atoms with Gasteiger partial charge in [0, 0.05) is 0 Å². The molecule has 0 saturated heterocycles. The average molecular weight is 823 g/mol. The Hall–Kier alpha value is -8.64. The lowest BCUT2D eigenvalue weighted by Crippen LogP contribution is -2.20. The van der Waals surface area contributed by atoms with E-state index in [1.54, 1.807) is 18.2 Å². The van der Waals surface area contributed by atoms with Crippen LogP contribution in [0.5, 0.6) is 0 Å². The third kappa shape index (κ3) is 6.34. The summed E-state index contributed by atoms with van der Waals surface area (Å²) in [5.74, 6) is 0.0597. The van der Waals surface area contributed by atoms with Crippen LogP contribution >= 0.6 is 0 Å². The topological polar surface area (TPSA) is 126 Å². The average Bonchev–Trinajstić information content (AvgIpc) is 4.18. The molecule has 0 unspecified atom stereocenters. The van der Waals surface area contributed by atoms with E-state index >= 15 is 0 Å². The molecule has 4 aliphatic rings. The molecule has 0 aliphatic carbocycles. The highest BCUT2D eigenvalue weighted by atomic mass is 16.7. The fourth-order valence-electron chi connectivity index (χ4n) is 8.05. The van der Waals surface area contributed by atoms with E-state index in [2.05, 4.69) is 0 Å². The van der Waals surface area contributed by atoms with Gasteiger partial charge in [-0.25, -0.2) is 9.59 Å². The largest absolute Gasteiger partial charge is 0.457 e. The smallest absolute Gasteiger partial charge is 0.338 e. The van der Waals surface area contributed by atoms with Gasteiger partial charge in [0.1, 0.15) is 63.3 Å². The van der Waals surface area contributed by atoms with Crippen LogP contribution in [-0.2, 0) is 60.6 Å². The van der Waals surface area contributed by atoms with Crippen molar-refractivity contribution in [1.29, 1.82) is 0 Å². The fraction of sp³-hybridized carbons (Fsp3) is 0.0400. The zero-order valence-corrected chi connectivity index (χ0v) is 32.3. The van der Waals surface area contributed by atoms with E-state index in [0.717, 1.165) is 64.0 Å². The highest BCUT2D eigenvalue weighted by molar-refractivity contribution is 6.03. The first-order valence-corrected chi connectivity index (χ1v) is 19.4. The van der Waals surface area contributed by atoms with Crippen molar-refractivity contribution in [3.8, 4) is 0 Å². The van der Waals surface area contributed by atoms with E-state index in [0.29, 0.717) is 34.9 Å². The maximum Gasteiger partial charge on any atom is 0.338 e. The third-order valence-electron chi connectivity index (χ3n) is 10.7. The maximum absolute atomic E-state index is 13.5. The summed E-state index contributed by atoms with van der Waals surface area (Å²) in [6.45, 7) is -0.128. The summed E-state index contributed by atoms with van der Waals surface area (Å²) in [7, 11) is 0. The molecule has 12 heteroatoms. The summed E-state index contributed by atoms with van der Waals surface area (Å²) in [6.07, 6.45) is 11.8. The summed E-state index contributed by atoms with van der Waals surface area (Å²) < 4.78 is 57.5. The molecule has 7 aromatic rings. The summed E-state index contributed by atoms with van der Waals surface area (Å²) in [4.78, 5) is 27.0. The van der Waals surface area contributed by atoms with Gasteiger partial charge >= 0.3 is 11.9 Å². The maximum atomic E-state index is 13.5. The van der Waals surface area contributed by atoms with Crippen molar-refractivity contribution in [3.63, 3.8) is 0 Å². The van der Waals surface area contributed by atoms with Crippen molar-refractivity contribution in [2.75, 3.05) is 0 Å². The minimum atomic E-state index is -0.619. The SMILES string of the molecule is O=C(OCc1ccc2c(=C3OC=CO3)c3ccccc3c(=C3OC=CO3)c2c1)c1cccc(C(=O)OCc2ccc3c(=C4OC=CO4)c4ccccc4c(=C4OC=CO4)c3c2)c1. The van der Waals surface area contributed by atoms with E-state index in [1.807, 2.05) is 84.9 Å². The van der Waals surface area contributed by atoms with Gasteiger partial charge in [-0.1, -0.05) is 78.9 Å². The third-order valence-corrected chi connectivity index (χ3v) is 10.7. The molecule has 0 spiro atoms. The number of fused-ring (bicyclic) bond motifs is 4. The molecule has 12 nitrogen and oxygen atoms in total. The minimum absolute atomic E-state index is 0.0638. The van der Waals surface area contributed by atoms with Gasteiger partial charge in [-0.05, 0) is 84.5 Å². The van der Waals surface area contributed by atoms with Gasteiger partial charge in [-0.2, -0.15) is 0 Å². The van der Waals surface area contributed by atoms with Crippen LogP contribution in [-0.4, -0.2) is 11.9 Å². The van der Waals surface area contributed by atoms with Crippen molar-refractivity contribution >= 4 is 78.8 Å². The number of ether oxygens (including phenoxy) is 10. The molecule has 0 fully saturated rings. The first-order valence-electron chi connectivity index (χ1n) is 19.4.